The molecule has 3 aliphatic carbocycles. The van der Waals surface area contributed by atoms with Crippen molar-refractivity contribution in [2.45, 2.75) is 154 Å². The van der Waals surface area contributed by atoms with Crippen LogP contribution in [0, 0.1) is 16.7 Å². The molecule has 6 nitrogen and oxygen atoms in total. The average molecular weight is 599 g/mol. The van der Waals surface area contributed by atoms with Gasteiger partial charge in [-0.3, -0.25) is 0 Å². The molecule has 0 aromatic heterocycles. The number of ether oxygens (including phenoxy) is 4. The highest BCUT2D eigenvalue weighted by Crippen LogP contribution is 2.67. The molecule has 2 heterocycles. The average Bonchev–Trinajstić information content (AvgIpc) is 3.49. The summed E-state index contributed by atoms with van der Waals surface area (Å²) < 4.78 is 35.7. The first-order valence-corrected chi connectivity index (χ1v) is 19.1. The van der Waals surface area contributed by atoms with Crippen LogP contribution in [0.25, 0.3) is 0 Å². The lowest BCUT2D eigenvalue weighted by Gasteiger charge is -2.62. The molecule has 6 rings (SSSR count). The van der Waals surface area contributed by atoms with Crippen molar-refractivity contribution < 1.29 is 28.5 Å². The molecule has 1 aromatic rings. The van der Waals surface area contributed by atoms with E-state index < -0.39 is 37.5 Å². The number of aliphatic hydroxyl groups is 1. The molecule has 2 saturated heterocycles. The van der Waals surface area contributed by atoms with E-state index >= 15 is 0 Å². The van der Waals surface area contributed by atoms with Gasteiger partial charge in [-0.1, -0.05) is 78.3 Å². The molecule has 0 amide bonds. The molecular weight excluding hydrogens is 544 g/mol. The third-order valence-corrected chi connectivity index (χ3v) is 17.0. The number of hydrogen-bond acceptors (Lipinski definition) is 6. The highest BCUT2D eigenvalue weighted by Gasteiger charge is 2.73. The Morgan fingerprint density at radius 3 is 2.24 bits per heavy atom. The van der Waals surface area contributed by atoms with Gasteiger partial charge in [0.05, 0.1) is 24.4 Å². The number of benzene rings is 1. The first-order chi connectivity index (χ1) is 19.8. The Hall–Kier alpha value is -1.06. The Morgan fingerprint density at radius 1 is 0.929 bits per heavy atom. The second-order valence-corrected chi connectivity index (χ2v) is 19.8. The molecular formula is C35H54O6Si. The van der Waals surface area contributed by atoms with Crippen LogP contribution in [0.15, 0.2) is 41.5 Å². The third-order valence-electron chi connectivity index (χ3n) is 12.3. The third kappa shape index (κ3) is 4.39. The first-order valence-electron chi connectivity index (χ1n) is 16.6. The molecule has 2 aliphatic heterocycles. The van der Waals surface area contributed by atoms with Gasteiger partial charge in [-0.15, -0.1) is 0 Å². The van der Waals surface area contributed by atoms with Gasteiger partial charge < -0.3 is 28.5 Å². The fourth-order valence-electron chi connectivity index (χ4n) is 9.73. The summed E-state index contributed by atoms with van der Waals surface area (Å²) in [5, 5.41) is 12.0. The summed E-state index contributed by atoms with van der Waals surface area (Å²) in [5.74, 6) is -0.909. The molecule has 42 heavy (non-hydrogen) atoms. The number of rotatable bonds is 6. The Kier molecular flexibility index (Phi) is 7.74. The van der Waals surface area contributed by atoms with Crippen LogP contribution in [0.1, 0.15) is 99.9 Å². The summed E-state index contributed by atoms with van der Waals surface area (Å²) in [4.78, 5) is 0. The van der Waals surface area contributed by atoms with Crippen molar-refractivity contribution in [3.63, 3.8) is 0 Å². The highest BCUT2D eigenvalue weighted by atomic mass is 28.4. The van der Waals surface area contributed by atoms with Gasteiger partial charge in [0.25, 0.3) is 0 Å². The van der Waals surface area contributed by atoms with Gasteiger partial charge in [-0.05, 0) is 62.9 Å². The molecule has 0 unspecified atom stereocenters. The number of fused-ring (bicyclic) bond motifs is 6. The minimum absolute atomic E-state index is 0.0989. The lowest BCUT2D eigenvalue weighted by molar-refractivity contribution is -0.201. The fourth-order valence-corrected chi connectivity index (χ4v) is 12.6. The second kappa shape index (κ2) is 10.5. The van der Waals surface area contributed by atoms with Crippen LogP contribution in [-0.4, -0.2) is 55.3 Å². The highest BCUT2D eigenvalue weighted by molar-refractivity contribution is 6.73. The molecule has 2 bridgehead atoms. The topological polar surface area (TPSA) is 66.4 Å². The molecule has 9 atom stereocenters. The minimum Gasteiger partial charge on any atom is -0.410 e. The monoisotopic (exact) mass is 598 g/mol. The lowest BCUT2D eigenvalue weighted by atomic mass is 9.48. The van der Waals surface area contributed by atoms with Crippen molar-refractivity contribution in [1.29, 1.82) is 0 Å². The summed E-state index contributed by atoms with van der Waals surface area (Å²) >= 11 is 0. The Labute approximate surface area is 254 Å². The Morgan fingerprint density at radius 2 is 1.60 bits per heavy atom. The van der Waals surface area contributed by atoms with E-state index in [1.54, 1.807) is 0 Å². The van der Waals surface area contributed by atoms with E-state index in [1.165, 1.54) is 11.1 Å². The first kappa shape index (κ1) is 30.9. The molecule has 4 fully saturated rings. The van der Waals surface area contributed by atoms with Crippen LogP contribution in [-0.2, 0) is 23.4 Å². The van der Waals surface area contributed by atoms with E-state index in [2.05, 4.69) is 60.6 Å². The Bertz CT molecular complexity index is 1180. The largest absolute Gasteiger partial charge is 0.410 e. The van der Waals surface area contributed by atoms with Gasteiger partial charge in [0.15, 0.2) is 20.4 Å². The van der Waals surface area contributed by atoms with Gasteiger partial charge >= 0.3 is 0 Å². The van der Waals surface area contributed by atoms with Gasteiger partial charge in [0.1, 0.15) is 11.7 Å². The number of aliphatic hydroxyl groups excluding tert-OH is 1. The Balaban J connectivity index is 1.60. The van der Waals surface area contributed by atoms with Crippen molar-refractivity contribution in [1.82, 2.24) is 0 Å². The van der Waals surface area contributed by atoms with Crippen LogP contribution in [0.4, 0.5) is 0 Å². The number of hydrogen-bond donors (Lipinski definition) is 1. The van der Waals surface area contributed by atoms with Crippen LogP contribution < -0.4 is 0 Å². The van der Waals surface area contributed by atoms with Crippen molar-refractivity contribution in [3.05, 3.63) is 47.0 Å². The van der Waals surface area contributed by atoms with E-state index in [4.69, 9.17) is 23.4 Å². The maximum absolute atomic E-state index is 12.0. The van der Waals surface area contributed by atoms with E-state index in [1.807, 2.05) is 32.0 Å². The van der Waals surface area contributed by atoms with E-state index in [0.29, 0.717) is 6.42 Å². The van der Waals surface area contributed by atoms with Crippen LogP contribution in [0.5, 0.6) is 0 Å². The second-order valence-electron chi connectivity index (χ2n) is 15.1. The molecule has 1 aromatic carbocycles. The lowest BCUT2D eigenvalue weighted by Crippen LogP contribution is -2.69. The summed E-state index contributed by atoms with van der Waals surface area (Å²) in [5.41, 5.74) is 2.02. The quantitative estimate of drug-likeness (QED) is 0.268. The summed E-state index contributed by atoms with van der Waals surface area (Å²) in [6.07, 6.45) is 1.44. The fraction of sp³-hybridized carbons (Fsp3) is 0.771. The minimum atomic E-state index is -1.97. The van der Waals surface area contributed by atoms with Crippen molar-refractivity contribution in [3.8, 4) is 0 Å². The molecule has 0 radical (unpaired) electrons. The summed E-state index contributed by atoms with van der Waals surface area (Å²) in [6.45, 7) is 20.2. The molecule has 1 spiro atoms. The van der Waals surface area contributed by atoms with Crippen molar-refractivity contribution >= 4 is 8.32 Å². The van der Waals surface area contributed by atoms with Gasteiger partial charge in [-0.2, -0.15) is 0 Å². The summed E-state index contributed by atoms with van der Waals surface area (Å²) in [7, 11) is -1.97. The molecule has 2 saturated carbocycles. The maximum atomic E-state index is 12.0. The van der Waals surface area contributed by atoms with Gasteiger partial charge in [0, 0.05) is 28.7 Å². The zero-order valence-electron chi connectivity index (χ0n) is 27.4. The standard InChI is InChI=1S/C35H54O6Si/c1-10-42(11-2,12-3)41-25-21-35-29(37-31(40-35)23-17-14-13-15-18-23)27-24(36)19-16-20-34(27,9)30-28(38-33(7,8)39-30)26(22(25)4)32(35,5)6/h13-15,17-18,24-25,27-31,36H,10-12,16,19-21H2,1-9H3/t24-,25+,27+,28-,29+,30+,31+,34-,35-/m1/s1. The zero-order valence-corrected chi connectivity index (χ0v) is 28.4. The molecule has 5 aliphatic rings. The van der Waals surface area contributed by atoms with E-state index in [9.17, 15) is 5.11 Å². The predicted octanol–water partition coefficient (Wildman–Crippen LogP) is 7.68. The molecule has 234 valence electrons. The van der Waals surface area contributed by atoms with E-state index in [0.717, 1.165) is 43.0 Å². The predicted molar refractivity (Wildman–Crippen MR) is 166 cm³/mol. The molecule has 1 N–H and O–H groups in total. The normalized spacial score (nSPS) is 42.4. The zero-order chi connectivity index (χ0) is 30.3. The van der Waals surface area contributed by atoms with Crippen molar-refractivity contribution in [2.75, 3.05) is 0 Å². The van der Waals surface area contributed by atoms with E-state index in [-0.39, 0.29) is 35.7 Å². The van der Waals surface area contributed by atoms with Gasteiger partial charge in [0.2, 0.25) is 0 Å². The van der Waals surface area contributed by atoms with Crippen LogP contribution in [0.2, 0.25) is 18.1 Å². The van der Waals surface area contributed by atoms with Gasteiger partial charge in [-0.25, -0.2) is 0 Å². The van der Waals surface area contributed by atoms with Crippen LogP contribution in [0.3, 0.4) is 0 Å². The summed E-state index contributed by atoms with van der Waals surface area (Å²) in [6, 6.07) is 13.6. The maximum Gasteiger partial charge on any atom is 0.192 e. The smallest absolute Gasteiger partial charge is 0.192 e. The van der Waals surface area contributed by atoms with Crippen LogP contribution >= 0.6 is 0 Å². The molecule has 7 heteroatoms. The van der Waals surface area contributed by atoms with Crippen molar-refractivity contribution in [2.24, 2.45) is 16.7 Å². The SMILES string of the molecule is CC[Si](CC)(CC)O[C@H]1C[C@@]23O[C@@H](c4ccccc4)O[C@H]2[C@@H]2[C@H](O)CCC[C@@]2(C)[C@H]2OC(C)(C)O[C@@H]2C(=C1C)C3(C)C.